The highest BCUT2D eigenvalue weighted by Crippen LogP contribution is 2.11. The number of amides is 1. The van der Waals surface area contributed by atoms with Gasteiger partial charge in [0.2, 0.25) is 5.91 Å². The van der Waals surface area contributed by atoms with Gasteiger partial charge in [-0.15, -0.1) is 11.6 Å². The van der Waals surface area contributed by atoms with Gasteiger partial charge < -0.3 is 5.32 Å². The molecule has 0 unspecified atom stereocenters. The largest absolute Gasteiger partial charge is 0.355 e. The summed E-state index contributed by atoms with van der Waals surface area (Å²) in [4.78, 5) is 10.8. The minimum atomic E-state index is -0.123. The molecule has 0 aliphatic rings. The maximum atomic E-state index is 10.8. The number of rotatable bonds is 4. The third-order valence-corrected chi connectivity index (χ3v) is 2.48. The van der Waals surface area contributed by atoms with E-state index >= 15 is 0 Å². The third-order valence-electron chi connectivity index (χ3n) is 1.75. The Morgan fingerprint density at radius 3 is 2.93 bits per heavy atom. The van der Waals surface area contributed by atoms with Crippen LogP contribution in [0.25, 0.3) is 0 Å². The molecular weight excluding hydrogens is 265 g/mol. The van der Waals surface area contributed by atoms with Gasteiger partial charge in [0.25, 0.3) is 0 Å². The van der Waals surface area contributed by atoms with Gasteiger partial charge in [-0.1, -0.05) is 28.1 Å². The van der Waals surface area contributed by atoms with E-state index in [9.17, 15) is 4.79 Å². The Balaban J connectivity index is 2.35. The summed E-state index contributed by atoms with van der Waals surface area (Å²) >= 11 is 8.73. The van der Waals surface area contributed by atoms with Gasteiger partial charge in [0.15, 0.2) is 0 Å². The summed E-state index contributed by atoms with van der Waals surface area (Å²) in [7, 11) is 0. The Kier molecular flexibility index (Phi) is 4.98. The van der Waals surface area contributed by atoms with Crippen molar-refractivity contribution in [3.63, 3.8) is 0 Å². The monoisotopic (exact) mass is 275 g/mol. The zero-order valence-corrected chi connectivity index (χ0v) is 9.94. The Bertz CT molecular complexity index is 317. The van der Waals surface area contributed by atoms with Gasteiger partial charge >= 0.3 is 0 Å². The topological polar surface area (TPSA) is 29.1 Å². The normalized spacial score (nSPS) is 9.86. The third kappa shape index (κ3) is 4.11. The van der Waals surface area contributed by atoms with E-state index in [1.165, 1.54) is 5.56 Å². The lowest BCUT2D eigenvalue weighted by Gasteiger charge is -2.03. The molecule has 76 valence electrons. The van der Waals surface area contributed by atoms with E-state index in [-0.39, 0.29) is 11.8 Å². The van der Waals surface area contributed by atoms with Crippen LogP contribution in [0.4, 0.5) is 0 Å². The van der Waals surface area contributed by atoms with E-state index in [1.807, 2.05) is 24.3 Å². The van der Waals surface area contributed by atoms with E-state index < -0.39 is 0 Å². The number of halogens is 2. The second kappa shape index (κ2) is 6.04. The van der Waals surface area contributed by atoms with Crippen LogP contribution in [0.1, 0.15) is 5.56 Å². The first-order valence-corrected chi connectivity index (χ1v) is 5.62. The van der Waals surface area contributed by atoms with Gasteiger partial charge in [0.1, 0.15) is 5.88 Å². The molecule has 14 heavy (non-hydrogen) atoms. The molecule has 0 aliphatic heterocycles. The predicted molar refractivity (Wildman–Crippen MR) is 61.6 cm³/mol. The molecule has 0 saturated heterocycles. The molecule has 1 N–H and O–H groups in total. The van der Waals surface area contributed by atoms with E-state index in [4.69, 9.17) is 11.6 Å². The van der Waals surface area contributed by atoms with Crippen LogP contribution in [-0.4, -0.2) is 18.3 Å². The summed E-state index contributed by atoms with van der Waals surface area (Å²) in [6.07, 6.45) is 0.821. The molecule has 1 rings (SSSR count). The standard InChI is InChI=1S/C10H11BrClNO/c11-9-3-1-2-8(6-9)4-5-13-10(14)7-12/h1-3,6H,4-5,7H2,(H,13,14). The minimum Gasteiger partial charge on any atom is -0.355 e. The summed E-state index contributed by atoms with van der Waals surface area (Å²) in [6, 6.07) is 8.01. The fraction of sp³-hybridized carbons (Fsp3) is 0.300. The Morgan fingerprint density at radius 2 is 2.29 bits per heavy atom. The summed E-state index contributed by atoms with van der Waals surface area (Å²) in [6.45, 7) is 0.627. The van der Waals surface area contributed by atoms with E-state index in [2.05, 4.69) is 21.2 Å². The van der Waals surface area contributed by atoms with Gasteiger partial charge in [-0.05, 0) is 24.1 Å². The quantitative estimate of drug-likeness (QED) is 0.841. The summed E-state index contributed by atoms with van der Waals surface area (Å²) in [5, 5.41) is 2.71. The van der Waals surface area contributed by atoms with Crippen LogP contribution in [0.15, 0.2) is 28.7 Å². The van der Waals surface area contributed by atoms with Crippen molar-refractivity contribution in [3.8, 4) is 0 Å². The first-order chi connectivity index (χ1) is 6.72. The van der Waals surface area contributed by atoms with Crippen molar-refractivity contribution in [2.24, 2.45) is 0 Å². The van der Waals surface area contributed by atoms with Crippen molar-refractivity contribution < 1.29 is 4.79 Å². The van der Waals surface area contributed by atoms with Gasteiger partial charge in [-0.25, -0.2) is 0 Å². The van der Waals surface area contributed by atoms with Crippen LogP contribution in [0, 0.1) is 0 Å². The van der Waals surface area contributed by atoms with E-state index in [1.54, 1.807) is 0 Å². The fourth-order valence-electron chi connectivity index (χ4n) is 1.09. The van der Waals surface area contributed by atoms with Gasteiger partial charge in [0, 0.05) is 11.0 Å². The van der Waals surface area contributed by atoms with Crippen molar-refractivity contribution in [2.75, 3.05) is 12.4 Å². The minimum absolute atomic E-state index is 0.0263. The van der Waals surface area contributed by atoms with Crippen molar-refractivity contribution in [3.05, 3.63) is 34.3 Å². The number of nitrogens with one attached hydrogen (secondary N) is 1. The SMILES string of the molecule is O=C(CCl)NCCc1cccc(Br)c1. The number of carbonyl (C=O) groups excluding carboxylic acids is 1. The average Bonchev–Trinajstić information content (AvgIpc) is 2.17. The molecule has 1 amide bonds. The summed E-state index contributed by atoms with van der Waals surface area (Å²) < 4.78 is 1.05. The molecule has 0 saturated carbocycles. The molecule has 1 aromatic carbocycles. The fourth-order valence-corrected chi connectivity index (χ4v) is 1.63. The van der Waals surface area contributed by atoms with Crippen molar-refractivity contribution in [2.45, 2.75) is 6.42 Å². The molecule has 0 fully saturated rings. The maximum Gasteiger partial charge on any atom is 0.234 e. The molecular formula is C10H11BrClNO. The second-order valence-electron chi connectivity index (χ2n) is 2.86. The van der Waals surface area contributed by atoms with Crippen LogP contribution in [-0.2, 0) is 11.2 Å². The predicted octanol–water partition coefficient (Wildman–Crippen LogP) is 2.35. The Labute approximate surface area is 96.8 Å². The van der Waals surface area contributed by atoms with Gasteiger partial charge in [-0.3, -0.25) is 4.79 Å². The molecule has 0 bridgehead atoms. The van der Waals surface area contributed by atoms with Gasteiger partial charge in [0.05, 0.1) is 0 Å². The van der Waals surface area contributed by atoms with Crippen LogP contribution in [0.3, 0.4) is 0 Å². The molecule has 4 heteroatoms. The number of carbonyl (C=O) groups is 1. The smallest absolute Gasteiger partial charge is 0.234 e. The van der Waals surface area contributed by atoms with Gasteiger partial charge in [-0.2, -0.15) is 0 Å². The second-order valence-corrected chi connectivity index (χ2v) is 4.05. The molecule has 0 atom stereocenters. The van der Waals surface area contributed by atoms with E-state index in [0.29, 0.717) is 6.54 Å². The van der Waals surface area contributed by atoms with Crippen LogP contribution < -0.4 is 5.32 Å². The zero-order chi connectivity index (χ0) is 10.4. The lowest BCUT2D eigenvalue weighted by molar-refractivity contribution is -0.118. The zero-order valence-electron chi connectivity index (χ0n) is 7.59. The van der Waals surface area contributed by atoms with Crippen LogP contribution in [0.5, 0.6) is 0 Å². The molecule has 0 aliphatic carbocycles. The Morgan fingerprint density at radius 1 is 1.50 bits per heavy atom. The molecule has 2 nitrogen and oxygen atoms in total. The lowest BCUT2D eigenvalue weighted by Crippen LogP contribution is -2.26. The van der Waals surface area contributed by atoms with Crippen molar-refractivity contribution in [1.82, 2.24) is 5.32 Å². The average molecular weight is 277 g/mol. The first kappa shape index (κ1) is 11.5. The molecule has 0 radical (unpaired) electrons. The molecule has 0 spiro atoms. The van der Waals surface area contributed by atoms with Crippen molar-refractivity contribution in [1.29, 1.82) is 0 Å². The highest BCUT2D eigenvalue weighted by Gasteiger charge is 1.97. The first-order valence-electron chi connectivity index (χ1n) is 4.29. The molecule has 0 heterocycles. The molecule has 0 aromatic heterocycles. The molecule has 1 aromatic rings. The highest BCUT2D eigenvalue weighted by molar-refractivity contribution is 9.10. The summed E-state index contributed by atoms with van der Waals surface area (Å²) in [5.74, 6) is -0.0972. The van der Waals surface area contributed by atoms with Crippen LogP contribution >= 0.6 is 27.5 Å². The Hall–Kier alpha value is -0.540. The maximum absolute atomic E-state index is 10.8. The number of benzene rings is 1. The number of hydrogen-bond acceptors (Lipinski definition) is 1. The summed E-state index contributed by atoms with van der Waals surface area (Å²) in [5.41, 5.74) is 1.19. The highest BCUT2D eigenvalue weighted by atomic mass is 79.9. The lowest BCUT2D eigenvalue weighted by atomic mass is 10.1. The van der Waals surface area contributed by atoms with E-state index in [0.717, 1.165) is 10.9 Å². The number of hydrogen-bond donors (Lipinski definition) is 1. The van der Waals surface area contributed by atoms with Crippen LogP contribution in [0.2, 0.25) is 0 Å². The van der Waals surface area contributed by atoms with Crippen molar-refractivity contribution >= 4 is 33.4 Å². The number of alkyl halides is 1.